The van der Waals surface area contributed by atoms with Gasteiger partial charge in [-0.15, -0.1) is 0 Å². The fourth-order valence-corrected chi connectivity index (χ4v) is 4.28. The molecule has 0 bridgehead atoms. The lowest BCUT2D eigenvalue weighted by molar-refractivity contribution is -0.898. The van der Waals surface area contributed by atoms with Gasteiger partial charge in [-0.3, -0.25) is 4.79 Å². The third-order valence-corrected chi connectivity index (χ3v) is 5.96. The Kier molecular flexibility index (Phi) is 6.41. The summed E-state index contributed by atoms with van der Waals surface area (Å²) >= 11 is 6.52. The smallest absolute Gasteiger partial charge is 0.262 e. The number of amides is 1. The molecule has 1 saturated heterocycles. The Bertz CT molecular complexity index is 1030. The number of para-hydroxylation sites is 1. The quantitative estimate of drug-likeness (QED) is 0.638. The summed E-state index contributed by atoms with van der Waals surface area (Å²) in [6.45, 7) is 7.25. The second-order valence-electron chi connectivity index (χ2n) is 7.54. The average Bonchev–Trinajstić information content (AvgIpc) is 2.78. The van der Waals surface area contributed by atoms with Crippen molar-refractivity contribution in [2.24, 2.45) is 0 Å². The molecule has 3 aromatic carbocycles. The van der Waals surface area contributed by atoms with Crippen LogP contribution in [0.5, 0.6) is 5.75 Å². The minimum atomic E-state index is -0.204. The summed E-state index contributed by atoms with van der Waals surface area (Å²) in [5, 5.41) is 5.73. The van der Waals surface area contributed by atoms with Gasteiger partial charge in [0.25, 0.3) is 5.91 Å². The van der Waals surface area contributed by atoms with Gasteiger partial charge in [0.2, 0.25) is 0 Å². The summed E-state index contributed by atoms with van der Waals surface area (Å²) in [6, 6.07) is 19.5. The number of nitrogens with one attached hydrogen (secondary N) is 2. The van der Waals surface area contributed by atoms with Crippen LogP contribution in [0.25, 0.3) is 10.8 Å². The minimum absolute atomic E-state index is 0.0618. The Balaban J connectivity index is 1.45. The fourth-order valence-electron chi connectivity index (χ4n) is 3.99. The molecule has 156 valence electrons. The number of nitrogens with zero attached hydrogens (tertiary/aromatic N) is 1. The van der Waals surface area contributed by atoms with Crippen LogP contribution in [0.1, 0.15) is 6.92 Å². The van der Waals surface area contributed by atoms with Crippen molar-refractivity contribution in [2.45, 2.75) is 6.92 Å². The Morgan fingerprint density at radius 2 is 1.80 bits per heavy atom. The number of halogens is 1. The number of hydrogen-bond acceptors (Lipinski definition) is 3. The van der Waals surface area contributed by atoms with E-state index in [0.717, 1.165) is 54.9 Å². The highest BCUT2D eigenvalue weighted by Gasteiger charge is 2.23. The van der Waals surface area contributed by atoms with Crippen LogP contribution in [0.4, 0.5) is 11.4 Å². The number of piperazine rings is 1. The van der Waals surface area contributed by atoms with Crippen LogP contribution in [0.2, 0.25) is 5.02 Å². The number of anilines is 2. The summed E-state index contributed by atoms with van der Waals surface area (Å²) in [5.74, 6) is 0.498. The first-order valence-corrected chi connectivity index (χ1v) is 10.8. The van der Waals surface area contributed by atoms with E-state index in [4.69, 9.17) is 16.3 Å². The molecule has 0 aliphatic carbocycles. The molecule has 0 saturated carbocycles. The zero-order valence-corrected chi connectivity index (χ0v) is 17.9. The molecular formula is C24H27ClN3O2+. The van der Waals surface area contributed by atoms with E-state index in [1.807, 2.05) is 60.7 Å². The topological polar surface area (TPSA) is 46.0 Å². The molecule has 1 aliphatic rings. The lowest BCUT2D eigenvalue weighted by atomic mass is 10.1. The maximum Gasteiger partial charge on any atom is 0.262 e. The van der Waals surface area contributed by atoms with Crippen LogP contribution in [0.3, 0.4) is 0 Å². The highest BCUT2D eigenvalue weighted by atomic mass is 35.5. The molecule has 0 aromatic heterocycles. The number of carbonyl (C=O) groups excluding carboxylic acids is 1. The summed E-state index contributed by atoms with van der Waals surface area (Å²) in [4.78, 5) is 16.5. The normalized spacial score (nSPS) is 14.7. The number of quaternary nitrogens is 1. The highest BCUT2D eigenvalue weighted by molar-refractivity contribution is 6.34. The molecule has 1 heterocycles. The van der Waals surface area contributed by atoms with Gasteiger partial charge >= 0.3 is 0 Å². The SMILES string of the molecule is CC[NH+]1CCN(c2c(Cl)cccc2NC(=O)COc2cccc3ccccc23)CC1. The average molecular weight is 425 g/mol. The van der Waals surface area contributed by atoms with Gasteiger partial charge in [-0.2, -0.15) is 0 Å². The van der Waals surface area contributed by atoms with Crippen molar-refractivity contribution in [1.82, 2.24) is 0 Å². The van der Waals surface area contributed by atoms with Crippen LogP contribution in [0, 0.1) is 0 Å². The highest BCUT2D eigenvalue weighted by Crippen LogP contribution is 2.34. The van der Waals surface area contributed by atoms with E-state index >= 15 is 0 Å². The summed E-state index contributed by atoms with van der Waals surface area (Å²) in [5.41, 5.74) is 1.63. The first-order chi connectivity index (χ1) is 14.7. The molecular weight excluding hydrogens is 398 g/mol. The first-order valence-electron chi connectivity index (χ1n) is 10.4. The van der Waals surface area contributed by atoms with Crippen LogP contribution >= 0.6 is 11.6 Å². The second-order valence-corrected chi connectivity index (χ2v) is 7.95. The molecule has 30 heavy (non-hydrogen) atoms. The molecule has 1 amide bonds. The van der Waals surface area contributed by atoms with Crippen LogP contribution in [-0.4, -0.2) is 45.2 Å². The van der Waals surface area contributed by atoms with Crippen molar-refractivity contribution < 1.29 is 14.4 Å². The van der Waals surface area contributed by atoms with Gasteiger partial charge < -0.3 is 19.9 Å². The van der Waals surface area contributed by atoms with Crippen molar-refractivity contribution in [2.75, 3.05) is 49.5 Å². The first kappa shape index (κ1) is 20.5. The maximum absolute atomic E-state index is 12.7. The molecule has 0 unspecified atom stereocenters. The van der Waals surface area contributed by atoms with E-state index in [1.165, 1.54) is 0 Å². The molecule has 1 aliphatic heterocycles. The number of ether oxygens (including phenoxy) is 1. The van der Waals surface area contributed by atoms with E-state index in [-0.39, 0.29) is 12.5 Å². The number of hydrogen-bond donors (Lipinski definition) is 2. The van der Waals surface area contributed by atoms with Crippen molar-refractivity contribution in [3.05, 3.63) is 65.7 Å². The lowest BCUT2D eigenvalue weighted by Gasteiger charge is -2.34. The molecule has 4 rings (SSSR count). The Morgan fingerprint density at radius 1 is 1.07 bits per heavy atom. The van der Waals surface area contributed by atoms with Gasteiger partial charge in [0.05, 0.1) is 49.1 Å². The molecule has 5 nitrogen and oxygen atoms in total. The van der Waals surface area contributed by atoms with Gasteiger partial charge in [0.1, 0.15) is 5.75 Å². The molecule has 0 spiro atoms. The lowest BCUT2D eigenvalue weighted by Crippen LogP contribution is -3.14. The van der Waals surface area contributed by atoms with E-state index in [2.05, 4.69) is 17.1 Å². The van der Waals surface area contributed by atoms with Crippen molar-refractivity contribution >= 4 is 39.7 Å². The summed E-state index contributed by atoms with van der Waals surface area (Å²) < 4.78 is 5.84. The minimum Gasteiger partial charge on any atom is -0.483 e. The van der Waals surface area contributed by atoms with Gasteiger partial charge in [0, 0.05) is 5.39 Å². The van der Waals surface area contributed by atoms with Gasteiger partial charge in [-0.05, 0) is 30.5 Å². The molecule has 2 N–H and O–H groups in total. The maximum atomic E-state index is 12.7. The van der Waals surface area contributed by atoms with Crippen molar-refractivity contribution in [3.63, 3.8) is 0 Å². The molecule has 6 heteroatoms. The number of likely N-dealkylation sites (N-methyl/N-ethyl adjacent to an activating group) is 1. The predicted molar refractivity (Wildman–Crippen MR) is 123 cm³/mol. The van der Waals surface area contributed by atoms with E-state index in [9.17, 15) is 4.79 Å². The van der Waals surface area contributed by atoms with Crippen molar-refractivity contribution in [1.29, 1.82) is 0 Å². The summed E-state index contributed by atoms with van der Waals surface area (Å²) in [6.07, 6.45) is 0. The van der Waals surface area contributed by atoms with Crippen LogP contribution < -0.4 is 19.9 Å². The third kappa shape index (κ3) is 4.53. The third-order valence-electron chi connectivity index (χ3n) is 5.66. The zero-order valence-electron chi connectivity index (χ0n) is 17.2. The molecule has 0 atom stereocenters. The molecule has 1 fully saturated rings. The predicted octanol–water partition coefficient (Wildman–Crippen LogP) is 3.24. The number of rotatable bonds is 6. The summed E-state index contributed by atoms with van der Waals surface area (Å²) in [7, 11) is 0. The number of carbonyl (C=O) groups is 1. The Morgan fingerprint density at radius 3 is 2.60 bits per heavy atom. The fraction of sp³-hybridized carbons (Fsp3) is 0.292. The van der Waals surface area contributed by atoms with Crippen LogP contribution in [-0.2, 0) is 4.79 Å². The number of benzene rings is 3. The van der Waals surface area contributed by atoms with Gasteiger partial charge in [0.15, 0.2) is 6.61 Å². The zero-order chi connectivity index (χ0) is 20.9. The van der Waals surface area contributed by atoms with Gasteiger partial charge in [-0.25, -0.2) is 0 Å². The number of fused-ring (bicyclic) bond motifs is 1. The van der Waals surface area contributed by atoms with E-state index in [0.29, 0.717) is 10.8 Å². The van der Waals surface area contributed by atoms with Crippen molar-refractivity contribution in [3.8, 4) is 5.75 Å². The Hall–Kier alpha value is -2.76. The van der Waals surface area contributed by atoms with E-state index < -0.39 is 0 Å². The van der Waals surface area contributed by atoms with E-state index in [1.54, 1.807) is 4.90 Å². The van der Waals surface area contributed by atoms with Crippen LogP contribution in [0.15, 0.2) is 60.7 Å². The largest absolute Gasteiger partial charge is 0.483 e. The second kappa shape index (κ2) is 9.37. The standard InChI is InChI=1S/C24H26ClN3O2/c1-2-27-13-15-28(16-14-27)24-20(25)10-6-11-21(24)26-23(29)17-30-22-12-5-8-18-7-3-4-9-19(18)22/h3-12H,2,13-17H2,1H3,(H,26,29)/p+1. The monoisotopic (exact) mass is 424 g/mol. The Labute approximate surface area is 182 Å². The van der Waals surface area contributed by atoms with Gasteiger partial charge in [-0.1, -0.05) is 54.1 Å². The molecule has 0 radical (unpaired) electrons. The molecule has 3 aromatic rings.